The van der Waals surface area contributed by atoms with Crippen LogP contribution in [0.4, 0.5) is 0 Å². The van der Waals surface area contributed by atoms with Crippen molar-refractivity contribution in [2.75, 3.05) is 6.54 Å². The van der Waals surface area contributed by atoms with Crippen LogP contribution in [0.1, 0.15) is 45.1 Å². The SMILES string of the molecule is CCCNC1CCC(C)CC1Cc1ccc(Br)cc1. The molecule has 0 aromatic heterocycles. The summed E-state index contributed by atoms with van der Waals surface area (Å²) in [4.78, 5) is 0. The highest BCUT2D eigenvalue weighted by atomic mass is 79.9. The molecule has 1 N–H and O–H groups in total. The summed E-state index contributed by atoms with van der Waals surface area (Å²) in [5.41, 5.74) is 1.48. The molecule has 1 fully saturated rings. The van der Waals surface area contributed by atoms with Crippen molar-refractivity contribution < 1.29 is 0 Å². The minimum absolute atomic E-state index is 0.722. The van der Waals surface area contributed by atoms with Gasteiger partial charge in [-0.05, 0) is 68.2 Å². The minimum Gasteiger partial charge on any atom is -0.314 e. The number of nitrogens with one attached hydrogen (secondary N) is 1. The molecule has 0 heterocycles. The van der Waals surface area contributed by atoms with E-state index in [-0.39, 0.29) is 0 Å². The summed E-state index contributed by atoms with van der Waals surface area (Å²) >= 11 is 3.51. The first-order valence-electron chi connectivity index (χ1n) is 7.67. The molecule has 0 bridgehead atoms. The van der Waals surface area contributed by atoms with Crippen LogP contribution < -0.4 is 5.32 Å². The van der Waals surface area contributed by atoms with E-state index < -0.39 is 0 Å². The van der Waals surface area contributed by atoms with Crippen LogP contribution in [0.25, 0.3) is 0 Å². The van der Waals surface area contributed by atoms with Gasteiger partial charge in [-0.25, -0.2) is 0 Å². The zero-order valence-corrected chi connectivity index (χ0v) is 13.7. The molecule has 106 valence electrons. The minimum atomic E-state index is 0.722. The summed E-state index contributed by atoms with van der Waals surface area (Å²) in [5.74, 6) is 1.69. The Morgan fingerprint density at radius 3 is 2.63 bits per heavy atom. The molecule has 1 aliphatic carbocycles. The first kappa shape index (κ1) is 15.1. The second-order valence-corrected chi connectivity index (χ2v) is 6.99. The number of hydrogen-bond donors (Lipinski definition) is 1. The Morgan fingerprint density at radius 1 is 1.21 bits per heavy atom. The van der Waals surface area contributed by atoms with Crippen molar-refractivity contribution in [1.82, 2.24) is 5.32 Å². The lowest BCUT2D eigenvalue weighted by molar-refractivity contribution is 0.212. The van der Waals surface area contributed by atoms with Crippen molar-refractivity contribution in [3.63, 3.8) is 0 Å². The van der Waals surface area contributed by atoms with Crippen molar-refractivity contribution >= 4 is 15.9 Å². The molecule has 3 atom stereocenters. The highest BCUT2D eigenvalue weighted by molar-refractivity contribution is 9.10. The second kappa shape index (κ2) is 7.44. The van der Waals surface area contributed by atoms with Crippen molar-refractivity contribution in [1.29, 1.82) is 0 Å². The molecular weight excluding hydrogens is 298 g/mol. The summed E-state index contributed by atoms with van der Waals surface area (Å²) in [7, 11) is 0. The van der Waals surface area contributed by atoms with Gasteiger partial charge in [0.05, 0.1) is 0 Å². The summed E-state index contributed by atoms with van der Waals surface area (Å²) in [6.07, 6.45) is 6.56. The lowest BCUT2D eigenvalue weighted by atomic mass is 9.76. The maximum absolute atomic E-state index is 3.76. The molecule has 0 radical (unpaired) electrons. The van der Waals surface area contributed by atoms with Crippen LogP contribution in [0.15, 0.2) is 28.7 Å². The molecule has 1 aliphatic rings. The van der Waals surface area contributed by atoms with Crippen molar-refractivity contribution in [3.8, 4) is 0 Å². The Bertz CT molecular complexity index is 371. The molecule has 0 saturated heterocycles. The highest BCUT2D eigenvalue weighted by Gasteiger charge is 2.28. The lowest BCUT2D eigenvalue weighted by Gasteiger charge is -2.35. The first-order valence-corrected chi connectivity index (χ1v) is 8.46. The van der Waals surface area contributed by atoms with Crippen LogP contribution in [-0.2, 0) is 6.42 Å². The van der Waals surface area contributed by atoms with Crippen LogP contribution in [0, 0.1) is 11.8 Å². The molecule has 3 unspecified atom stereocenters. The normalized spacial score (nSPS) is 27.4. The maximum Gasteiger partial charge on any atom is 0.0175 e. The maximum atomic E-state index is 3.76. The van der Waals surface area contributed by atoms with E-state index >= 15 is 0 Å². The van der Waals surface area contributed by atoms with Gasteiger partial charge in [0.2, 0.25) is 0 Å². The van der Waals surface area contributed by atoms with Gasteiger partial charge >= 0.3 is 0 Å². The lowest BCUT2D eigenvalue weighted by Crippen LogP contribution is -2.41. The van der Waals surface area contributed by atoms with Crippen LogP contribution in [0.5, 0.6) is 0 Å². The van der Waals surface area contributed by atoms with E-state index in [0.717, 1.165) is 24.4 Å². The van der Waals surface area contributed by atoms with E-state index in [0.29, 0.717) is 0 Å². The monoisotopic (exact) mass is 323 g/mol. The van der Waals surface area contributed by atoms with E-state index in [1.54, 1.807) is 0 Å². The fourth-order valence-corrected chi connectivity index (χ4v) is 3.51. The molecule has 0 aliphatic heterocycles. The van der Waals surface area contributed by atoms with E-state index in [2.05, 4.69) is 59.4 Å². The Morgan fingerprint density at radius 2 is 1.95 bits per heavy atom. The average Bonchev–Trinajstić information content (AvgIpc) is 2.40. The molecule has 19 heavy (non-hydrogen) atoms. The van der Waals surface area contributed by atoms with Gasteiger partial charge in [0.25, 0.3) is 0 Å². The van der Waals surface area contributed by atoms with Gasteiger partial charge in [-0.3, -0.25) is 0 Å². The van der Waals surface area contributed by atoms with Crippen LogP contribution in [0.2, 0.25) is 0 Å². The number of benzene rings is 1. The molecule has 2 rings (SSSR count). The predicted octanol–water partition coefficient (Wildman–Crippen LogP) is 4.80. The fraction of sp³-hybridized carbons (Fsp3) is 0.647. The Labute approximate surface area is 126 Å². The van der Waals surface area contributed by atoms with Gasteiger partial charge in [-0.2, -0.15) is 0 Å². The van der Waals surface area contributed by atoms with Crippen LogP contribution >= 0.6 is 15.9 Å². The van der Waals surface area contributed by atoms with E-state index in [4.69, 9.17) is 0 Å². The molecule has 1 saturated carbocycles. The van der Waals surface area contributed by atoms with Crippen LogP contribution in [-0.4, -0.2) is 12.6 Å². The molecule has 2 heteroatoms. The molecule has 1 aromatic carbocycles. The summed E-state index contributed by atoms with van der Waals surface area (Å²) in [6.45, 7) is 5.82. The number of hydrogen-bond acceptors (Lipinski definition) is 1. The zero-order valence-electron chi connectivity index (χ0n) is 12.2. The number of rotatable bonds is 5. The quantitative estimate of drug-likeness (QED) is 0.821. The van der Waals surface area contributed by atoms with Crippen molar-refractivity contribution in [3.05, 3.63) is 34.3 Å². The third-order valence-electron chi connectivity index (χ3n) is 4.31. The van der Waals surface area contributed by atoms with Gasteiger partial charge in [-0.1, -0.05) is 41.9 Å². The Hall–Kier alpha value is -0.340. The summed E-state index contributed by atoms with van der Waals surface area (Å²) < 4.78 is 1.17. The topological polar surface area (TPSA) is 12.0 Å². The molecule has 0 spiro atoms. The average molecular weight is 324 g/mol. The predicted molar refractivity (Wildman–Crippen MR) is 86.4 cm³/mol. The Balaban J connectivity index is 1.98. The van der Waals surface area contributed by atoms with Gasteiger partial charge < -0.3 is 5.32 Å². The van der Waals surface area contributed by atoms with Crippen molar-refractivity contribution in [2.45, 2.75) is 52.0 Å². The highest BCUT2D eigenvalue weighted by Crippen LogP contribution is 2.31. The molecule has 0 amide bonds. The van der Waals surface area contributed by atoms with E-state index in [9.17, 15) is 0 Å². The summed E-state index contributed by atoms with van der Waals surface area (Å²) in [5, 5.41) is 3.76. The molecule has 1 nitrogen and oxygen atoms in total. The molecular formula is C17H26BrN. The van der Waals surface area contributed by atoms with Gasteiger partial charge in [-0.15, -0.1) is 0 Å². The summed E-state index contributed by atoms with van der Waals surface area (Å²) in [6, 6.07) is 9.58. The van der Waals surface area contributed by atoms with Crippen LogP contribution in [0.3, 0.4) is 0 Å². The fourth-order valence-electron chi connectivity index (χ4n) is 3.25. The second-order valence-electron chi connectivity index (χ2n) is 6.07. The first-order chi connectivity index (χ1) is 9.19. The standard InChI is InChI=1S/C17H26BrN/c1-3-10-19-17-9-4-13(2)11-15(17)12-14-5-7-16(18)8-6-14/h5-8,13,15,17,19H,3-4,9-12H2,1-2H3. The molecule has 1 aromatic rings. The third kappa shape index (κ3) is 4.61. The van der Waals surface area contributed by atoms with Gasteiger partial charge in [0.15, 0.2) is 0 Å². The largest absolute Gasteiger partial charge is 0.314 e. The number of halogens is 1. The Kier molecular flexibility index (Phi) is 5.90. The smallest absolute Gasteiger partial charge is 0.0175 e. The van der Waals surface area contributed by atoms with E-state index in [1.165, 1.54) is 42.1 Å². The van der Waals surface area contributed by atoms with Crippen molar-refractivity contribution in [2.24, 2.45) is 11.8 Å². The van der Waals surface area contributed by atoms with E-state index in [1.807, 2.05) is 0 Å². The zero-order chi connectivity index (χ0) is 13.7. The van der Waals surface area contributed by atoms with Gasteiger partial charge in [0, 0.05) is 10.5 Å². The van der Waals surface area contributed by atoms with Gasteiger partial charge in [0.1, 0.15) is 0 Å². The third-order valence-corrected chi connectivity index (χ3v) is 4.84.